The van der Waals surface area contributed by atoms with Crippen molar-refractivity contribution in [3.8, 4) is 0 Å². The predicted molar refractivity (Wildman–Crippen MR) is 170 cm³/mol. The van der Waals surface area contributed by atoms with Crippen molar-refractivity contribution in [2.24, 2.45) is 0 Å². The number of ether oxygens (including phenoxy) is 12. The molecule has 1 rings (SSSR count). The van der Waals surface area contributed by atoms with Crippen molar-refractivity contribution >= 4 is 0 Å². The van der Waals surface area contributed by atoms with Gasteiger partial charge in [0.05, 0.1) is 152 Å². The molecule has 0 saturated heterocycles. The highest BCUT2D eigenvalue weighted by Gasteiger charge is 1.97. The van der Waals surface area contributed by atoms with Crippen LogP contribution >= 0.6 is 0 Å². The third kappa shape index (κ3) is 33.9. The molecule has 1 aromatic carbocycles. The lowest BCUT2D eigenvalue weighted by Crippen LogP contribution is -2.15. The lowest BCUT2D eigenvalue weighted by molar-refractivity contribution is -0.0285. The maximum atomic E-state index is 5.57. The summed E-state index contributed by atoms with van der Waals surface area (Å²) in [6, 6.07) is 10.1. The SMILES string of the molecule is CCCCOCCOCCOCCOCCOCCOCCOCCOCCOCCOCCOCCOCc1ccccc1. The Balaban J connectivity index is 1.61. The molecule has 0 aliphatic heterocycles. The molecule has 0 N–H and O–H groups in total. The lowest BCUT2D eigenvalue weighted by atomic mass is 10.2. The van der Waals surface area contributed by atoms with E-state index in [-0.39, 0.29) is 0 Å². The monoisotopic (exact) mass is 648 g/mol. The maximum absolute atomic E-state index is 5.57. The molecule has 0 bridgehead atoms. The molecular formula is C33H60O12. The second-order valence-corrected chi connectivity index (χ2v) is 9.63. The van der Waals surface area contributed by atoms with Crippen molar-refractivity contribution in [1.82, 2.24) is 0 Å². The Hall–Kier alpha value is -1.26. The Labute approximate surface area is 271 Å². The Kier molecular flexibility index (Phi) is 34.5. The molecule has 264 valence electrons. The van der Waals surface area contributed by atoms with Crippen LogP contribution in [0.25, 0.3) is 0 Å². The minimum absolute atomic E-state index is 0.516. The van der Waals surface area contributed by atoms with Gasteiger partial charge in [0, 0.05) is 6.61 Å². The Morgan fingerprint density at radius 1 is 0.311 bits per heavy atom. The zero-order valence-corrected chi connectivity index (χ0v) is 27.7. The van der Waals surface area contributed by atoms with Crippen molar-refractivity contribution < 1.29 is 56.8 Å². The molecule has 1 aromatic rings. The van der Waals surface area contributed by atoms with Crippen LogP contribution in [0.1, 0.15) is 25.3 Å². The van der Waals surface area contributed by atoms with Crippen molar-refractivity contribution in [2.75, 3.05) is 152 Å². The van der Waals surface area contributed by atoms with E-state index in [0.29, 0.717) is 152 Å². The molecule has 45 heavy (non-hydrogen) atoms. The molecule has 0 atom stereocenters. The van der Waals surface area contributed by atoms with Crippen molar-refractivity contribution in [3.63, 3.8) is 0 Å². The summed E-state index contributed by atoms with van der Waals surface area (Å²) in [5.41, 5.74) is 1.16. The largest absolute Gasteiger partial charge is 0.379 e. The number of hydrogen-bond acceptors (Lipinski definition) is 12. The molecule has 0 heterocycles. The van der Waals surface area contributed by atoms with E-state index in [9.17, 15) is 0 Å². The summed E-state index contributed by atoms with van der Waals surface area (Å²) < 4.78 is 65.8. The molecule has 0 spiro atoms. The maximum Gasteiger partial charge on any atom is 0.0718 e. The summed E-state index contributed by atoms with van der Waals surface area (Å²) in [5, 5.41) is 0. The molecule has 0 unspecified atom stereocenters. The van der Waals surface area contributed by atoms with E-state index in [4.69, 9.17) is 56.8 Å². The summed E-state index contributed by atoms with van der Waals surface area (Å²) in [4.78, 5) is 0. The van der Waals surface area contributed by atoms with E-state index in [1.807, 2.05) is 30.3 Å². The van der Waals surface area contributed by atoms with Gasteiger partial charge in [-0.05, 0) is 12.0 Å². The van der Waals surface area contributed by atoms with Gasteiger partial charge in [-0.25, -0.2) is 0 Å². The first-order chi connectivity index (χ1) is 22.4. The molecule has 0 amide bonds. The van der Waals surface area contributed by atoms with Gasteiger partial charge in [-0.3, -0.25) is 0 Å². The van der Waals surface area contributed by atoms with Crippen molar-refractivity contribution in [1.29, 1.82) is 0 Å². The topological polar surface area (TPSA) is 111 Å². The fraction of sp³-hybridized carbons (Fsp3) is 0.818. The van der Waals surface area contributed by atoms with E-state index in [0.717, 1.165) is 25.0 Å². The highest BCUT2D eigenvalue weighted by Crippen LogP contribution is 2.00. The summed E-state index contributed by atoms with van der Waals surface area (Å²) in [6.07, 6.45) is 2.24. The van der Waals surface area contributed by atoms with Gasteiger partial charge in [-0.2, -0.15) is 0 Å². The van der Waals surface area contributed by atoms with Crippen molar-refractivity contribution in [2.45, 2.75) is 26.4 Å². The van der Waals surface area contributed by atoms with Crippen LogP contribution in [0.3, 0.4) is 0 Å². The number of rotatable bonds is 38. The first-order valence-electron chi connectivity index (χ1n) is 16.4. The molecule has 0 aliphatic rings. The fourth-order valence-corrected chi connectivity index (χ4v) is 3.43. The van der Waals surface area contributed by atoms with Gasteiger partial charge in [-0.15, -0.1) is 0 Å². The van der Waals surface area contributed by atoms with E-state index >= 15 is 0 Å². The van der Waals surface area contributed by atoms with Crippen LogP contribution in [0.2, 0.25) is 0 Å². The van der Waals surface area contributed by atoms with Crippen LogP contribution in [0.4, 0.5) is 0 Å². The van der Waals surface area contributed by atoms with Gasteiger partial charge in [0.25, 0.3) is 0 Å². The van der Waals surface area contributed by atoms with E-state index in [1.54, 1.807) is 0 Å². The van der Waals surface area contributed by atoms with Gasteiger partial charge < -0.3 is 56.8 Å². The summed E-state index contributed by atoms with van der Waals surface area (Å²) >= 11 is 0. The number of unbranched alkanes of at least 4 members (excludes halogenated alkanes) is 1. The second kappa shape index (κ2) is 37.2. The molecule has 12 nitrogen and oxygen atoms in total. The molecule has 0 aliphatic carbocycles. The molecule has 0 radical (unpaired) electrons. The van der Waals surface area contributed by atoms with E-state index in [2.05, 4.69) is 6.92 Å². The van der Waals surface area contributed by atoms with Crippen LogP contribution in [0.15, 0.2) is 30.3 Å². The van der Waals surface area contributed by atoms with Crippen LogP contribution in [-0.2, 0) is 63.4 Å². The third-order valence-electron chi connectivity index (χ3n) is 5.85. The lowest BCUT2D eigenvalue weighted by Gasteiger charge is -2.09. The van der Waals surface area contributed by atoms with E-state index in [1.165, 1.54) is 0 Å². The molecule has 0 aromatic heterocycles. The third-order valence-corrected chi connectivity index (χ3v) is 5.85. The average molecular weight is 649 g/mol. The first-order valence-corrected chi connectivity index (χ1v) is 16.4. The zero-order valence-electron chi connectivity index (χ0n) is 27.7. The highest BCUT2D eigenvalue weighted by molar-refractivity contribution is 5.13. The molecular weight excluding hydrogens is 588 g/mol. The van der Waals surface area contributed by atoms with Crippen LogP contribution < -0.4 is 0 Å². The Morgan fingerprint density at radius 3 is 0.822 bits per heavy atom. The number of benzene rings is 1. The zero-order chi connectivity index (χ0) is 32.0. The Bertz CT molecular complexity index is 670. The average Bonchev–Trinajstić information content (AvgIpc) is 3.06. The minimum Gasteiger partial charge on any atom is -0.379 e. The summed E-state index contributed by atoms with van der Waals surface area (Å²) in [7, 11) is 0. The predicted octanol–water partition coefficient (Wildman–Crippen LogP) is 3.19. The molecule has 0 saturated carbocycles. The smallest absolute Gasteiger partial charge is 0.0718 e. The quantitative estimate of drug-likeness (QED) is 0.0983. The van der Waals surface area contributed by atoms with Crippen molar-refractivity contribution in [3.05, 3.63) is 35.9 Å². The molecule has 0 fully saturated rings. The fourth-order valence-electron chi connectivity index (χ4n) is 3.43. The van der Waals surface area contributed by atoms with Gasteiger partial charge in [-0.1, -0.05) is 43.7 Å². The van der Waals surface area contributed by atoms with Gasteiger partial charge in [0.2, 0.25) is 0 Å². The summed E-state index contributed by atoms with van der Waals surface area (Å²) in [5.74, 6) is 0. The standard InChI is InChI=1S/C33H60O12/c1-2-3-9-34-10-11-35-12-13-36-14-15-37-16-17-38-18-19-39-20-21-40-22-23-41-24-25-42-26-27-43-28-29-44-30-31-45-32-33-7-5-4-6-8-33/h4-8H,2-3,9-32H2,1H3. The van der Waals surface area contributed by atoms with Gasteiger partial charge in [0.1, 0.15) is 0 Å². The normalized spacial score (nSPS) is 11.5. The van der Waals surface area contributed by atoms with Crippen LogP contribution in [0.5, 0.6) is 0 Å². The van der Waals surface area contributed by atoms with Gasteiger partial charge >= 0.3 is 0 Å². The molecule has 12 heteroatoms. The second-order valence-electron chi connectivity index (χ2n) is 9.63. The number of hydrogen-bond donors (Lipinski definition) is 0. The van der Waals surface area contributed by atoms with Crippen LogP contribution in [-0.4, -0.2) is 152 Å². The summed E-state index contributed by atoms with van der Waals surface area (Å²) in [6.45, 7) is 15.4. The highest BCUT2D eigenvalue weighted by atomic mass is 16.6. The van der Waals surface area contributed by atoms with Gasteiger partial charge in [0.15, 0.2) is 0 Å². The Morgan fingerprint density at radius 2 is 0.556 bits per heavy atom. The van der Waals surface area contributed by atoms with Crippen LogP contribution in [0, 0.1) is 0 Å². The van der Waals surface area contributed by atoms with E-state index < -0.39 is 0 Å². The minimum atomic E-state index is 0.516. The first kappa shape index (κ1) is 41.8.